The molecule has 2 nitrogen and oxygen atoms in total. The van der Waals surface area contributed by atoms with Crippen LogP contribution in [0.3, 0.4) is 0 Å². The quantitative estimate of drug-likeness (QED) is 0.828. The summed E-state index contributed by atoms with van der Waals surface area (Å²) in [6.45, 7) is 2.18. The van der Waals surface area contributed by atoms with Crippen molar-refractivity contribution in [1.29, 1.82) is 0 Å². The first kappa shape index (κ1) is 13.6. The molecule has 0 aliphatic heterocycles. The summed E-state index contributed by atoms with van der Waals surface area (Å²) in [5, 5.41) is 0.765. The van der Waals surface area contributed by atoms with Crippen molar-refractivity contribution in [3.8, 4) is 0 Å². The Morgan fingerprint density at radius 3 is 2.61 bits per heavy atom. The number of benzene rings is 1. The van der Waals surface area contributed by atoms with Gasteiger partial charge >= 0.3 is 0 Å². The van der Waals surface area contributed by atoms with Gasteiger partial charge in [0.2, 0.25) is 0 Å². The third-order valence-electron chi connectivity index (χ3n) is 4.00. The topological polar surface area (TPSA) is 20.3 Å². The first-order chi connectivity index (χ1) is 8.58. The summed E-state index contributed by atoms with van der Waals surface area (Å²) in [5.74, 6) is 0.404. The third-order valence-corrected chi connectivity index (χ3v) is 4.25. The van der Waals surface area contributed by atoms with Crippen molar-refractivity contribution in [3.63, 3.8) is 0 Å². The molecule has 0 aromatic heterocycles. The van der Waals surface area contributed by atoms with Crippen molar-refractivity contribution in [2.45, 2.75) is 44.7 Å². The Kier molecular flexibility index (Phi) is 4.41. The lowest BCUT2D eigenvalue weighted by Gasteiger charge is -2.35. The number of carbonyl (C=O) groups excluding carboxylic acids is 1. The Balaban J connectivity index is 2.05. The number of rotatable bonds is 3. The largest absolute Gasteiger partial charge is 0.300 e. The van der Waals surface area contributed by atoms with Crippen LogP contribution in [0.5, 0.6) is 0 Å². The van der Waals surface area contributed by atoms with E-state index >= 15 is 0 Å². The number of hydrogen-bond acceptors (Lipinski definition) is 2. The van der Waals surface area contributed by atoms with Crippen LogP contribution in [0, 0.1) is 0 Å². The minimum absolute atomic E-state index is 0.318. The summed E-state index contributed by atoms with van der Waals surface area (Å²) in [6, 6.07) is 8.68. The number of hydrogen-bond donors (Lipinski definition) is 0. The average Bonchev–Trinajstić information content (AvgIpc) is 2.38. The summed E-state index contributed by atoms with van der Waals surface area (Å²) in [4.78, 5) is 13.9. The zero-order chi connectivity index (χ0) is 13.1. The third kappa shape index (κ3) is 3.12. The number of Topliss-reactive ketones (excluding diaryl/α,β-unsaturated/α-hetero) is 1. The molecule has 2 unspecified atom stereocenters. The van der Waals surface area contributed by atoms with Gasteiger partial charge in [-0.25, -0.2) is 0 Å². The van der Waals surface area contributed by atoms with Gasteiger partial charge in [-0.3, -0.25) is 9.69 Å². The molecule has 1 saturated carbocycles. The minimum atomic E-state index is 0.318. The maximum Gasteiger partial charge on any atom is 0.134 e. The van der Waals surface area contributed by atoms with Crippen molar-refractivity contribution in [2.24, 2.45) is 0 Å². The molecule has 98 valence electrons. The van der Waals surface area contributed by atoms with Crippen LogP contribution in [-0.2, 0) is 4.79 Å². The summed E-state index contributed by atoms with van der Waals surface area (Å²) in [5.41, 5.74) is 1.25. The maximum absolute atomic E-state index is 11.5. The molecule has 3 heteroatoms. The lowest BCUT2D eigenvalue weighted by atomic mass is 9.92. The molecule has 2 rings (SSSR count). The van der Waals surface area contributed by atoms with E-state index in [-0.39, 0.29) is 0 Å². The molecule has 1 fully saturated rings. The Labute approximate surface area is 114 Å². The van der Waals surface area contributed by atoms with E-state index in [1.165, 1.54) is 5.56 Å². The van der Waals surface area contributed by atoms with Crippen molar-refractivity contribution in [3.05, 3.63) is 34.9 Å². The highest BCUT2D eigenvalue weighted by molar-refractivity contribution is 6.30. The Morgan fingerprint density at radius 1 is 1.33 bits per heavy atom. The second-order valence-electron chi connectivity index (χ2n) is 5.18. The monoisotopic (exact) mass is 265 g/mol. The minimum Gasteiger partial charge on any atom is -0.300 e. The fraction of sp³-hybridized carbons (Fsp3) is 0.533. The Bertz CT molecular complexity index is 415. The van der Waals surface area contributed by atoms with Gasteiger partial charge in [0.15, 0.2) is 0 Å². The van der Waals surface area contributed by atoms with Gasteiger partial charge in [-0.05, 0) is 44.5 Å². The van der Waals surface area contributed by atoms with E-state index in [4.69, 9.17) is 11.6 Å². The SMILES string of the molecule is CC(c1ccc(Cl)cc1)N(C)C1CCCC(=O)C1. The highest BCUT2D eigenvalue weighted by Crippen LogP contribution is 2.27. The lowest BCUT2D eigenvalue weighted by molar-refractivity contribution is -0.122. The van der Waals surface area contributed by atoms with Crippen LogP contribution in [0.15, 0.2) is 24.3 Å². The molecule has 0 spiro atoms. The molecule has 1 aliphatic carbocycles. The summed E-state index contributed by atoms with van der Waals surface area (Å²) >= 11 is 5.91. The number of carbonyl (C=O) groups is 1. The van der Waals surface area contributed by atoms with Crippen LogP contribution in [0.1, 0.15) is 44.2 Å². The van der Waals surface area contributed by atoms with E-state index in [0.717, 1.165) is 24.3 Å². The van der Waals surface area contributed by atoms with Crippen molar-refractivity contribution < 1.29 is 4.79 Å². The highest BCUT2D eigenvalue weighted by atomic mass is 35.5. The van der Waals surface area contributed by atoms with Gasteiger partial charge in [0, 0.05) is 29.9 Å². The summed E-state index contributed by atoms with van der Waals surface area (Å²) in [7, 11) is 2.11. The highest BCUT2D eigenvalue weighted by Gasteiger charge is 2.26. The van der Waals surface area contributed by atoms with E-state index in [9.17, 15) is 4.79 Å². The molecule has 1 aromatic carbocycles. The standard InChI is InChI=1S/C15H20ClNO/c1-11(12-6-8-13(16)9-7-12)17(2)14-4-3-5-15(18)10-14/h6-9,11,14H,3-5,10H2,1-2H3. The average molecular weight is 266 g/mol. The fourth-order valence-corrected chi connectivity index (χ4v) is 2.77. The van der Waals surface area contributed by atoms with Gasteiger partial charge in [-0.2, -0.15) is 0 Å². The van der Waals surface area contributed by atoms with E-state index in [2.05, 4.69) is 31.0 Å². The number of ketones is 1. The summed E-state index contributed by atoms with van der Waals surface area (Å²) in [6.07, 6.45) is 3.62. The first-order valence-corrected chi connectivity index (χ1v) is 6.95. The van der Waals surface area contributed by atoms with Crippen LogP contribution in [0.25, 0.3) is 0 Å². The molecule has 0 bridgehead atoms. The van der Waals surface area contributed by atoms with Gasteiger partial charge in [-0.15, -0.1) is 0 Å². The maximum atomic E-state index is 11.5. The number of nitrogens with zero attached hydrogens (tertiary/aromatic N) is 1. The molecule has 0 saturated heterocycles. The first-order valence-electron chi connectivity index (χ1n) is 6.57. The zero-order valence-corrected chi connectivity index (χ0v) is 11.8. The van der Waals surface area contributed by atoms with E-state index in [1.807, 2.05) is 12.1 Å². The predicted octanol–water partition coefficient (Wildman–Crippen LogP) is 3.84. The van der Waals surface area contributed by atoms with Crippen LogP contribution in [0.2, 0.25) is 5.02 Å². The molecule has 18 heavy (non-hydrogen) atoms. The van der Waals surface area contributed by atoms with Crippen LogP contribution < -0.4 is 0 Å². The van der Waals surface area contributed by atoms with Crippen molar-refractivity contribution in [1.82, 2.24) is 4.90 Å². The predicted molar refractivity (Wildman–Crippen MR) is 74.9 cm³/mol. The molecule has 2 atom stereocenters. The van der Waals surface area contributed by atoms with Crippen LogP contribution >= 0.6 is 11.6 Å². The normalized spacial score (nSPS) is 22.2. The molecule has 0 radical (unpaired) electrons. The number of halogens is 1. The molecule has 1 aliphatic rings. The van der Waals surface area contributed by atoms with Gasteiger partial charge in [0.05, 0.1) is 0 Å². The summed E-state index contributed by atoms with van der Waals surface area (Å²) < 4.78 is 0. The fourth-order valence-electron chi connectivity index (χ4n) is 2.64. The smallest absolute Gasteiger partial charge is 0.134 e. The Hall–Kier alpha value is -0.860. The van der Waals surface area contributed by atoms with Crippen molar-refractivity contribution >= 4 is 17.4 Å². The second kappa shape index (κ2) is 5.85. The molecule has 0 N–H and O–H groups in total. The van der Waals surface area contributed by atoms with Crippen LogP contribution in [0.4, 0.5) is 0 Å². The van der Waals surface area contributed by atoms with Crippen molar-refractivity contribution in [2.75, 3.05) is 7.05 Å². The molecule has 0 heterocycles. The van der Waals surface area contributed by atoms with Gasteiger partial charge in [0.1, 0.15) is 5.78 Å². The molecule has 1 aromatic rings. The molecule has 0 amide bonds. The zero-order valence-electron chi connectivity index (χ0n) is 11.0. The van der Waals surface area contributed by atoms with Crippen LogP contribution in [-0.4, -0.2) is 23.8 Å². The lowest BCUT2D eigenvalue weighted by Crippen LogP contribution is -2.37. The van der Waals surface area contributed by atoms with E-state index in [0.29, 0.717) is 24.3 Å². The second-order valence-corrected chi connectivity index (χ2v) is 5.62. The molecular formula is C15H20ClNO. The Morgan fingerprint density at radius 2 is 2.00 bits per heavy atom. The molecular weight excluding hydrogens is 246 g/mol. The van der Waals surface area contributed by atoms with E-state index in [1.54, 1.807) is 0 Å². The van der Waals surface area contributed by atoms with Gasteiger partial charge in [-0.1, -0.05) is 23.7 Å². The van der Waals surface area contributed by atoms with Gasteiger partial charge < -0.3 is 0 Å². The van der Waals surface area contributed by atoms with E-state index < -0.39 is 0 Å². The van der Waals surface area contributed by atoms with Gasteiger partial charge in [0.25, 0.3) is 0 Å².